The zero-order valence-corrected chi connectivity index (χ0v) is 13.1. The molecule has 5 heteroatoms. The molecule has 1 atom stereocenters. The second-order valence-corrected chi connectivity index (χ2v) is 6.03. The number of carbonyl (C=O) groups excluding carboxylic acids is 1. The Morgan fingerprint density at radius 2 is 1.96 bits per heavy atom. The number of benzene rings is 1. The Balaban J connectivity index is 1.95. The third kappa shape index (κ3) is 2.70. The van der Waals surface area contributed by atoms with Crippen molar-refractivity contribution in [1.29, 1.82) is 0 Å². The number of carboxylic acids is 1. The molecule has 1 aromatic heterocycles. The van der Waals surface area contributed by atoms with Crippen molar-refractivity contribution in [3.63, 3.8) is 0 Å². The zero-order chi connectivity index (χ0) is 16.6. The van der Waals surface area contributed by atoms with E-state index < -0.39 is 5.97 Å². The summed E-state index contributed by atoms with van der Waals surface area (Å²) >= 11 is 0. The molecular weight excluding hydrogens is 292 g/mol. The fraction of sp³-hybridized carbons (Fsp3) is 0.278. The van der Waals surface area contributed by atoms with Gasteiger partial charge in [-0.2, -0.15) is 0 Å². The second-order valence-electron chi connectivity index (χ2n) is 6.03. The maximum atomic E-state index is 12.7. The molecule has 0 saturated heterocycles. The summed E-state index contributed by atoms with van der Waals surface area (Å²) < 4.78 is 0. The Morgan fingerprint density at radius 1 is 1.22 bits per heavy atom. The van der Waals surface area contributed by atoms with Gasteiger partial charge in [-0.3, -0.25) is 4.79 Å². The molecule has 0 spiro atoms. The van der Waals surface area contributed by atoms with E-state index in [4.69, 9.17) is 5.11 Å². The average molecular weight is 310 g/mol. The van der Waals surface area contributed by atoms with Gasteiger partial charge in [0.2, 0.25) is 0 Å². The highest BCUT2D eigenvalue weighted by molar-refractivity contribution is 5.99. The van der Waals surface area contributed by atoms with Gasteiger partial charge in [-0.05, 0) is 29.7 Å². The summed E-state index contributed by atoms with van der Waals surface area (Å²) in [6.45, 7) is 4.46. The molecule has 5 nitrogen and oxygen atoms in total. The first-order valence-corrected chi connectivity index (χ1v) is 7.58. The molecule has 23 heavy (non-hydrogen) atoms. The summed E-state index contributed by atoms with van der Waals surface area (Å²) in [6, 6.07) is 12.5. The van der Waals surface area contributed by atoms with Crippen molar-refractivity contribution in [1.82, 2.24) is 9.88 Å². The molecule has 118 valence electrons. The average Bonchev–Trinajstić information content (AvgIpc) is 2.81. The predicted octanol–water partition coefficient (Wildman–Crippen LogP) is 3.13. The van der Waals surface area contributed by atoms with E-state index in [1.165, 1.54) is 6.07 Å². The maximum Gasteiger partial charge on any atom is 0.354 e. The second kappa shape index (κ2) is 5.83. The molecule has 3 rings (SSSR count). The van der Waals surface area contributed by atoms with E-state index in [9.17, 15) is 9.59 Å². The van der Waals surface area contributed by atoms with Crippen molar-refractivity contribution in [2.24, 2.45) is 5.92 Å². The minimum Gasteiger partial charge on any atom is -0.477 e. The maximum absolute atomic E-state index is 12.7. The molecule has 0 radical (unpaired) electrons. The number of rotatable bonds is 4. The lowest BCUT2D eigenvalue weighted by atomic mass is 9.95. The van der Waals surface area contributed by atoms with Gasteiger partial charge < -0.3 is 10.0 Å². The standard InChI is InChI=1S/C18H18N2O3/c1-11(2)16-13-7-3-4-8-14(13)17(21)20(16)10-12-6-5-9-15(19-12)18(22)23/h3-9,11,16H,10H2,1-2H3,(H,22,23). The number of nitrogens with zero attached hydrogens (tertiary/aromatic N) is 2. The van der Waals surface area contributed by atoms with E-state index in [1.54, 1.807) is 17.0 Å². The predicted molar refractivity (Wildman–Crippen MR) is 85.1 cm³/mol. The van der Waals surface area contributed by atoms with E-state index in [-0.39, 0.29) is 23.6 Å². The highest BCUT2D eigenvalue weighted by Gasteiger charge is 2.38. The lowest BCUT2D eigenvalue weighted by molar-refractivity contribution is 0.0661. The molecular formula is C18H18N2O3. The Labute approximate surface area is 134 Å². The van der Waals surface area contributed by atoms with Crippen LogP contribution in [-0.2, 0) is 6.54 Å². The van der Waals surface area contributed by atoms with E-state index in [2.05, 4.69) is 18.8 Å². The molecule has 2 aromatic rings. The molecule has 2 heterocycles. The van der Waals surface area contributed by atoms with E-state index in [0.717, 1.165) is 11.1 Å². The molecule has 0 aliphatic carbocycles. The van der Waals surface area contributed by atoms with Crippen molar-refractivity contribution < 1.29 is 14.7 Å². The van der Waals surface area contributed by atoms with Gasteiger partial charge in [-0.25, -0.2) is 9.78 Å². The first-order valence-electron chi connectivity index (χ1n) is 7.58. The summed E-state index contributed by atoms with van der Waals surface area (Å²) in [7, 11) is 0. The number of hydrogen-bond acceptors (Lipinski definition) is 3. The number of carbonyl (C=O) groups is 2. The van der Waals surface area contributed by atoms with Gasteiger partial charge in [-0.1, -0.05) is 38.1 Å². The lowest BCUT2D eigenvalue weighted by Crippen LogP contribution is -2.30. The van der Waals surface area contributed by atoms with E-state index in [1.807, 2.05) is 24.3 Å². The Kier molecular flexibility index (Phi) is 3.86. The lowest BCUT2D eigenvalue weighted by Gasteiger charge is -2.28. The van der Waals surface area contributed by atoms with Crippen molar-refractivity contribution in [3.05, 3.63) is 65.0 Å². The zero-order valence-electron chi connectivity index (χ0n) is 13.1. The monoisotopic (exact) mass is 310 g/mol. The molecule has 1 aliphatic heterocycles. The van der Waals surface area contributed by atoms with Crippen LogP contribution in [0, 0.1) is 5.92 Å². The third-order valence-electron chi connectivity index (χ3n) is 4.10. The van der Waals surface area contributed by atoms with Crippen LogP contribution in [0.5, 0.6) is 0 Å². The summed E-state index contributed by atoms with van der Waals surface area (Å²) in [4.78, 5) is 29.7. The number of fused-ring (bicyclic) bond motifs is 1. The summed E-state index contributed by atoms with van der Waals surface area (Å²) in [5, 5.41) is 9.06. The van der Waals surface area contributed by atoms with Crippen molar-refractivity contribution in [2.45, 2.75) is 26.4 Å². The topological polar surface area (TPSA) is 70.5 Å². The number of hydrogen-bond donors (Lipinski definition) is 1. The molecule has 0 bridgehead atoms. The largest absolute Gasteiger partial charge is 0.477 e. The van der Waals surface area contributed by atoms with Gasteiger partial charge in [0.05, 0.1) is 18.3 Å². The number of carboxylic acid groups (broad SMARTS) is 1. The number of aromatic carboxylic acids is 1. The van der Waals surface area contributed by atoms with Crippen LogP contribution >= 0.6 is 0 Å². The smallest absolute Gasteiger partial charge is 0.354 e. The van der Waals surface area contributed by atoms with Crippen LogP contribution in [0.25, 0.3) is 0 Å². The van der Waals surface area contributed by atoms with Crippen LogP contribution in [0.3, 0.4) is 0 Å². The summed E-state index contributed by atoms with van der Waals surface area (Å²) in [5.74, 6) is -0.838. The van der Waals surface area contributed by atoms with Crippen molar-refractivity contribution in [2.75, 3.05) is 0 Å². The molecule has 1 aromatic carbocycles. The molecule has 1 amide bonds. The molecule has 0 fully saturated rings. The molecule has 1 N–H and O–H groups in total. The Hall–Kier alpha value is -2.69. The summed E-state index contributed by atoms with van der Waals surface area (Å²) in [6.07, 6.45) is 0. The molecule has 1 unspecified atom stereocenters. The van der Waals surface area contributed by atoms with Gasteiger partial charge in [0.15, 0.2) is 0 Å². The van der Waals surface area contributed by atoms with Crippen LogP contribution in [0.4, 0.5) is 0 Å². The van der Waals surface area contributed by atoms with Crippen molar-refractivity contribution >= 4 is 11.9 Å². The molecule has 0 saturated carbocycles. The fourth-order valence-corrected chi connectivity index (χ4v) is 3.15. The fourth-order valence-electron chi connectivity index (χ4n) is 3.15. The van der Waals surface area contributed by atoms with E-state index >= 15 is 0 Å². The van der Waals surface area contributed by atoms with Gasteiger partial charge >= 0.3 is 5.97 Å². The van der Waals surface area contributed by atoms with Crippen LogP contribution < -0.4 is 0 Å². The minimum absolute atomic E-state index is 0.00671. The SMILES string of the molecule is CC(C)C1c2ccccc2C(=O)N1Cc1cccc(C(=O)O)n1. The number of amides is 1. The van der Waals surface area contributed by atoms with Gasteiger partial charge in [-0.15, -0.1) is 0 Å². The van der Waals surface area contributed by atoms with Gasteiger partial charge in [0, 0.05) is 5.56 Å². The number of pyridine rings is 1. The third-order valence-corrected chi connectivity index (χ3v) is 4.10. The van der Waals surface area contributed by atoms with Crippen LogP contribution in [-0.4, -0.2) is 26.9 Å². The normalized spacial score (nSPS) is 16.7. The van der Waals surface area contributed by atoms with Gasteiger partial charge in [0.25, 0.3) is 5.91 Å². The molecule has 1 aliphatic rings. The van der Waals surface area contributed by atoms with Crippen molar-refractivity contribution in [3.8, 4) is 0 Å². The highest BCUT2D eigenvalue weighted by atomic mass is 16.4. The number of aromatic nitrogens is 1. The van der Waals surface area contributed by atoms with E-state index in [0.29, 0.717) is 12.2 Å². The Bertz CT molecular complexity index is 770. The van der Waals surface area contributed by atoms with Crippen LogP contribution in [0.2, 0.25) is 0 Å². The quantitative estimate of drug-likeness (QED) is 0.942. The highest BCUT2D eigenvalue weighted by Crippen LogP contribution is 2.39. The first-order chi connectivity index (χ1) is 11.0. The Morgan fingerprint density at radius 3 is 2.65 bits per heavy atom. The first kappa shape index (κ1) is 15.2. The minimum atomic E-state index is -1.07. The summed E-state index contributed by atoms with van der Waals surface area (Å²) in [5.41, 5.74) is 2.33. The van der Waals surface area contributed by atoms with Crippen LogP contribution in [0.15, 0.2) is 42.5 Å². The van der Waals surface area contributed by atoms with Gasteiger partial charge in [0.1, 0.15) is 5.69 Å². The van der Waals surface area contributed by atoms with Crippen LogP contribution in [0.1, 0.15) is 52.0 Å².